The minimum atomic E-state index is -0.734. The number of furan rings is 1. The summed E-state index contributed by atoms with van der Waals surface area (Å²) in [6, 6.07) is 1.51. The lowest BCUT2D eigenvalue weighted by Crippen LogP contribution is -2.35. The summed E-state index contributed by atoms with van der Waals surface area (Å²) in [5, 5.41) is 12.0. The van der Waals surface area contributed by atoms with Crippen LogP contribution in [0, 0.1) is 0 Å². The Balaban J connectivity index is 1.72. The predicted molar refractivity (Wildman–Crippen MR) is 70.9 cm³/mol. The van der Waals surface area contributed by atoms with Gasteiger partial charge in [-0.2, -0.15) is 0 Å². The molecule has 1 saturated heterocycles. The first-order valence-corrected chi connectivity index (χ1v) is 7.06. The smallest absolute Gasteiger partial charge is 0.320 e. The summed E-state index contributed by atoms with van der Waals surface area (Å²) < 4.78 is 5.04. The second-order valence-corrected chi connectivity index (χ2v) is 5.48. The number of likely N-dealkylation sites (tertiary alicyclic amines) is 1. The van der Waals surface area contributed by atoms with Crippen LogP contribution in [0.5, 0.6) is 0 Å². The van der Waals surface area contributed by atoms with Crippen LogP contribution in [-0.4, -0.2) is 33.5 Å². The summed E-state index contributed by atoms with van der Waals surface area (Å²) in [5.41, 5.74) is 1.89. The second-order valence-electron chi connectivity index (χ2n) is 4.62. The van der Waals surface area contributed by atoms with Crippen LogP contribution in [0.2, 0.25) is 0 Å². The van der Waals surface area contributed by atoms with Crippen molar-refractivity contribution in [1.82, 2.24) is 9.88 Å². The molecule has 1 N–H and O–H groups in total. The minimum absolute atomic E-state index is 0.362. The molecule has 19 heavy (non-hydrogen) atoms. The molecule has 6 heteroatoms. The van der Waals surface area contributed by atoms with Gasteiger partial charge in [0, 0.05) is 17.5 Å². The van der Waals surface area contributed by atoms with Crippen molar-refractivity contribution in [3.63, 3.8) is 0 Å². The van der Waals surface area contributed by atoms with Gasteiger partial charge in [0.05, 0.1) is 12.0 Å². The van der Waals surface area contributed by atoms with Gasteiger partial charge >= 0.3 is 5.97 Å². The Morgan fingerprint density at radius 3 is 3.26 bits per heavy atom. The highest BCUT2D eigenvalue weighted by Crippen LogP contribution is 2.26. The van der Waals surface area contributed by atoms with Crippen LogP contribution in [-0.2, 0) is 11.3 Å². The van der Waals surface area contributed by atoms with E-state index >= 15 is 0 Å². The van der Waals surface area contributed by atoms with Crippen LogP contribution in [0.3, 0.4) is 0 Å². The molecule has 1 aliphatic rings. The summed E-state index contributed by atoms with van der Waals surface area (Å²) >= 11 is 1.56. The van der Waals surface area contributed by atoms with Crippen molar-refractivity contribution in [1.29, 1.82) is 0 Å². The maximum Gasteiger partial charge on any atom is 0.320 e. The molecule has 100 valence electrons. The minimum Gasteiger partial charge on any atom is -0.480 e. The third-order valence-electron chi connectivity index (χ3n) is 3.33. The van der Waals surface area contributed by atoms with Crippen molar-refractivity contribution < 1.29 is 14.3 Å². The van der Waals surface area contributed by atoms with E-state index in [1.54, 1.807) is 23.9 Å². The number of carboxylic acid groups (broad SMARTS) is 1. The van der Waals surface area contributed by atoms with Crippen LogP contribution >= 0.6 is 11.3 Å². The monoisotopic (exact) mass is 278 g/mol. The number of nitrogens with zero attached hydrogens (tertiary/aromatic N) is 2. The molecule has 2 aromatic rings. The molecular formula is C13H14N2O3S. The molecule has 0 unspecified atom stereocenters. The van der Waals surface area contributed by atoms with E-state index in [2.05, 4.69) is 4.98 Å². The third-order valence-corrected chi connectivity index (χ3v) is 4.27. The van der Waals surface area contributed by atoms with Gasteiger partial charge in [-0.05, 0) is 25.5 Å². The van der Waals surface area contributed by atoms with E-state index in [4.69, 9.17) is 9.52 Å². The third kappa shape index (κ3) is 2.54. The normalized spacial score (nSPS) is 19.9. The average Bonchev–Trinajstić information content (AvgIpc) is 3.09. The van der Waals surface area contributed by atoms with Gasteiger partial charge in [-0.3, -0.25) is 9.69 Å². The first kappa shape index (κ1) is 12.4. The van der Waals surface area contributed by atoms with E-state index < -0.39 is 5.97 Å². The summed E-state index contributed by atoms with van der Waals surface area (Å²) in [6.07, 6.45) is 4.96. The van der Waals surface area contributed by atoms with Gasteiger partial charge < -0.3 is 9.52 Å². The lowest BCUT2D eigenvalue weighted by Gasteiger charge is -2.19. The Hall–Kier alpha value is -1.66. The van der Waals surface area contributed by atoms with E-state index in [0.717, 1.165) is 35.7 Å². The quantitative estimate of drug-likeness (QED) is 0.930. The van der Waals surface area contributed by atoms with E-state index in [1.165, 1.54) is 0 Å². The lowest BCUT2D eigenvalue weighted by atomic mass is 10.2. The number of hydrogen-bond acceptors (Lipinski definition) is 5. The highest BCUT2D eigenvalue weighted by Gasteiger charge is 2.30. The molecule has 0 amide bonds. The van der Waals surface area contributed by atoms with Crippen LogP contribution < -0.4 is 0 Å². The van der Waals surface area contributed by atoms with Gasteiger partial charge in [0.2, 0.25) is 0 Å². The van der Waals surface area contributed by atoms with E-state index in [0.29, 0.717) is 6.54 Å². The van der Waals surface area contributed by atoms with Gasteiger partial charge in [-0.1, -0.05) is 0 Å². The molecule has 5 nitrogen and oxygen atoms in total. The molecule has 3 rings (SSSR count). The zero-order chi connectivity index (χ0) is 13.2. The molecule has 0 spiro atoms. The largest absolute Gasteiger partial charge is 0.480 e. The van der Waals surface area contributed by atoms with Crippen molar-refractivity contribution in [2.75, 3.05) is 6.54 Å². The molecule has 0 radical (unpaired) electrons. The average molecular weight is 278 g/mol. The SMILES string of the molecule is O=C(O)[C@@H]1CCCN1Cc1csc(-c2ccoc2)n1. The van der Waals surface area contributed by atoms with E-state index in [1.807, 2.05) is 16.3 Å². The first-order chi connectivity index (χ1) is 9.24. The van der Waals surface area contributed by atoms with Gasteiger partial charge in [-0.15, -0.1) is 11.3 Å². The molecular weight excluding hydrogens is 264 g/mol. The molecule has 0 saturated carbocycles. The zero-order valence-electron chi connectivity index (χ0n) is 10.3. The number of thiazole rings is 1. The topological polar surface area (TPSA) is 66.6 Å². The van der Waals surface area contributed by atoms with Crippen molar-refractivity contribution in [2.24, 2.45) is 0 Å². The molecule has 1 fully saturated rings. The number of hydrogen-bond donors (Lipinski definition) is 1. The molecule has 0 bridgehead atoms. The summed E-state index contributed by atoms with van der Waals surface area (Å²) in [5.74, 6) is -0.734. The standard InChI is InChI=1S/C13H14N2O3S/c16-13(17)11-2-1-4-15(11)6-10-8-19-12(14-10)9-3-5-18-7-9/h3,5,7-8,11H,1-2,4,6H2,(H,16,17)/t11-/m0/s1. The maximum atomic E-state index is 11.1. The highest BCUT2D eigenvalue weighted by atomic mass is 32.1. The Morgan fingerprint density at radius 2 is 2.53 bits per heavy atom. The summed E-state index contributed by atoms with van der Waals surface area (Å²) in [6.45, 7) is 1.43. The first-order valence-electron chi connectivity index (χ1n) is 6.18. The Morgan fingerprint density at radius 1 is 1.63 bits per heavy atom. The highest BCUT2D eigenvalue weighted by molar-refractivity contribution is 7.13. The van der Waals surface area contributed by atoms with Crippen molar-refractivity contribution >= 4 is 17.3 Å². The molecule has 1 atom stereocenters. The number of aromatic nitrogens is 1. The van der Waals surface area contributed by atoms with Gasteiger partial charge in [-0.25, -0.2) is 4.98 Å². The zero-order valence-corrected chi connectivity index (χ0v) is 11.1. The Labute approximate surface area is 114 Å². The number of aliphatic carboxylic acids is 1. The van der Waals surface area contributed by atoms with Crippen LogP contribution in [0.15, 0.2) is 28.4 Å². The van der Waals surface area contributed by atoms with Crippen molar-refractivity contribution in [2.45, 2.75) is 25.4 Å². The van der Waals surface area contributed by atoms with Gasteiger partial charge in [0.1, 0.15) is 17.3 Å². The van der Waals surface area contributed by atoms with Crippen LogP contribution in [0.1, 0.15) is 18.5 Å². The van der Waals surface area contributed by atoms with Gasteiger partial charge in [0.15, 0.2) is 0 Å². The summed E-state index contributed by atoms with van der Waals surface area (Å²) in [4.78, 5) is 17.6. The maximum absolute atomic E-state index is 11.1. The van der Waals surface area contributed by atoms with Gasteiger partial charge in [0.25, 0.3) is 0 Å². The molecule has 0 aliphatic carbocycles. The van der Waals surface area contributed by atoms with Crippen LogP contribution in [0.4, 0.5) is 0 Å². The fourth-order valence-electron chi connectivity index (χ4n) is 2.40. The molecule has 3 heterocycles. The van der Waals surface area contributed by atoms with Crippen molar-refractivity contribution in [3.05, 3.63) is 29.7 Å². The Bertz CT molecular complexity index is 564. The molecule has 1 aliphatic heterocycles. The van der Waals surface area contributed by atoms with Crippen molar-refractivity contribution in [3.8, 4) is 10.6 Å². The summed E-state index contributed by atoms with van der Waals surface area (Å²) in [7, 11) is 0. The number of rotatable bonds is 4. The number of carboxylic acids is 1. The van der Waals surface area contributed by atoms with E-state index in [9.17, 15) is 4.79 Å². The van der Waals surface area contributed by atoms with Crippen LogP contribution in [0.25, 0.3) is 10.6 Å². The molecule has 0 aromatic carbocycles. The second kappa shape index (κ2) is 5.14. The number of carbonyl (C=O) groups is 1. The van der Waals surface area contributed by atoms with E-state index in [-0.39, 0.29) is 6.04 Å². The lowest BCUT2D eigenvalue weighted by molar-refractivity contribution is -0.142. The fourth-order valence-corrected chi connectivity index (χ4v) is 3.20. The Kier molecular flexibility index (Phi) is 3.35. The molecule has 2 aromatic heterocycles. The fraction of sp³-hybridized carbons (Fsp3) is 0.385. The predicted octanol–water partition coefficient (Wildman–Crippen LogP) is 2.45.